The molecule has 0 aliphatic rings. The van der Waals surface area contributed by atoms with Crippen LogP contribution >= 0.6 is 12.2 Å². The van der Waals surface area contributed by atoms with Crippen LogP contribution in [0.5, 0.6) is 11.5 Å². The van der Waals surface area contributed by atoms with E-state index < -0.39 is 18.2 Å². The average Bonchev–Trinajstić information content (AvgIpc) is 3.38. The first-order valence-corrected chi connectivity index (χ1v) is 9.40. The van der Waals surface area contributed by atoms with Gasteiger partial charge in [0.25, 0.3) is 6.43 Å². The largest absolute Gasteiger partial charge is 0.490 e. The molecule has 1 aromatic carbocycles. The Morgan fingerprint density at radius 1 is 1.32 bits per heavy atom. The van der Waals surface area contributed by atoms with Crippen LogP contribution in [0.2, 0.25) is 0 Å². The molecule has 0 aliphatic heterocycles. The molecule has 12 heteroatoms. The van der Waals surface area contributed by atoms with Crippen LogP contribution in [0.25, 0.3) is 0 Å². The first-order chi connectivity index (χ1) is 14.9. The molecule has 0 fully saturated rings. The SMILES string of the molecule is CCOc1cc(/C=N\n2c(C(F)F)n[nH]c2=S)ccc1OCc1ccc(C(=O)OC)o1. The van der Waals surface area contributed by atoms with Crippen LogP contribution in [-0.2, 0) is 11.3 Å². The number of hydrogen-bond donors (Lipinski definition) is 1. The van der Waals surface area contributed by atoms with Crippen molar-refractivity contribution in [2.75, 3.05) is 13.7 Å². The van der Waals surface area contributed by atoms with Crippen LogP contribution in [0.4, 0.5) is 8.78 Å². The molecular formula is C19H18F2N4O5S. The van der Waals surface area contributed by atoms with Crippen molar-refractivity contribution in [3.05, 3.63) is 58.0 Å². The van der Waals surface area contributed by atoms with Crippen molar-refractivity contribution in [2.45, 2.75) is 20.0 Å². The first kappa shape index (κ1) is 22.2. The van der Waals surface area contributed by atoms with E-state index >= 15 is 0 Å². The summed E-state index contributed by atoms with van der Waals surface area (Å²) in [7, 11) is 1.26. The molecule has 0 atom stereocenters. The molecule has 3 rings (SSSR count). The standard InChI is InChI=1S/C19H18F2N4O5S/c1-3-28-15-8-11(9-22-25-17(16(20)21)23-24-19(25)31)4-6-13(15)29-10-12-5-7-14(30-12)18(26)27-2/h4-9,16H,3,10H2,1-2H3,(H,24,31)/b22-9-. The number of ether oxygens (including phenoxy) is 3. The minimum atomic E-state index is -2.83. The smallest absolute Gasteiger partial charge is 0.373 e. The lowest BCUT2D eigenvalue weighted by atomic mass is 10.2. The summed E-state index contributed by atoms with van der Waals surface area (Å²) in [5.74, 6) is 0.147. The van der Waals surface area contributed by atoms with E-state index in [0.29, 0.717) is 29.4 Å². The van der Waals surface area contributed by atoms with Gasteiger partial charge in [0.1, 0.15) is 12.4 Å². The fourth-order valence-corrected chi connectivity index (χ4v) is 2.67. The van der Waals surface area contributed by atoms with Crippen molar-refractivity contribution in [2.24, 2.45) is 5.10 Å². The summed E-state index contributed by atoms with van der Waals surface area (Å²) in [6.07, 6.45) is -1.49. The molecule has 0 saturated carbocycles. The number of carbonyl (C=O) groups excluding carboxylic acids is 1. The van der Waals surface area contributed by atoms with Crippen LogP contribution in [0.1, 0.15) is 41.1 Å². The summed E-state index contributed by atoms with van der Waals surface area (Å²) in [4.78, 5) is 11.5. The quantitative estimate of drug-likeness (QED) is 0.296. The van der Waals surface area contributed by atoms with Crippen molar-refractivity contribution in [1.29, 1.82) is 0 Å². The van der Waals surface area contributed by atoms with Gasteiger partial charge in [0.15, 0.2) is 11.5 Å². The highest BCUT2D eigenvalue weighted by molar-refractivity contribution is 7.71. The lowest BCUT2D eigenvalue weighted by molar-refractivity contribution is 0.0560. The fraction of sp³-hybridized carbons (Fsp3) is 0.263. The molecule has 2 heterocycles. The van der Waals surface area contributed by atoms with Crippen LogP contribution in [0.3, 0.4) is 0 Å². The molecule has 0 spiro atoms. The summed E-state index contributed by atoms with van der Waals surface area (Å²) in [6.45, 7) is 2.22. The van der Waals surface area contributed by atoms with E-state index in [-0.39, 0.29) is 17.1 Å². The van der Waals surface area contributed by atoms with Crippen molar-refractivity contribution in [3.63, 3.8) is 0 Å². The lowest BCUT2D eigenvalue weighted by Crippen LogP contribution is -2.01. The maximum absolute atomic E-state index is 13.0. The third kappa shape index (κ3) is 5.34. The highest BCUT2D eigenvalue weighted by atomic mass is 32.1. The van der Waals surface area contributed by atoms with Gasteiger partial charge < -0.3 is 18.6 Å². The van der Waals surface area contributed by atoms with E-state index in [9.17, 15) is 13.6 Å². The molecule has 0 unspecified atom stereocenters. The van der Waals surface area contributed by atoms with Gasteiger partial charge in [0.2, 0.25) is 16.4 Å². The maximum Gasteiger partial charge on any atom is 0.373 e. The van der Waals surface area contributed by atoms with E-state index in [4.69, 9.17) is 26.1 Å². The Morgan fingerprint density at radius 3 is 2.84 bits per heavy atom. The van der Waals surface area contributed by atoms with Crippen molar-refractivity contribution in [1.82, 2.24) is 14.9 Å². The fourth-order valence-electron chi connectivity index (χ4n) is 2.49. The molecule has 0 saturated heterocycles. The third-order valence-electron chi connectivity index (χ3n) is 3.88. The number of benzene rings is 1. The topological polar surface area (TPSA) is 104 Å². The predicted molar refractivity (Wildman–Crippen MR) is 107 cm³/mol. The van der Waals surface area contributed by atoms with Crippen molar-refractivity contribution < 1.29 is 32.2 Å². The normalized spacial score (nSPS) is 11.3. The van der Waals surface area contributed by atoms with Crippen molar-refractivity contribution in [3.8, 4) is 11.5 Å². The third-order valence-corrected chi connectivity index (χ3v) is 4.14. The molecule has 2 aromatic heterocycles. The molecule has 9 nitrogen and oxygen atoms in total. The zero-order chi connectivity index (χ0) is 22.4. The highest BCUT2D eigenvalue weighted by Gasteiger charge is 2.16. The van der Waals surface area contributed by atoms with Gasteiger partial charge in [-0.05, 0) is 55.0 Å². The second-order valence-corrected chi connectivity index (χ2v) is 6.32. The Kier molecular flexibility index (Phi) is 7.13. The second kappa shape index (κ2) is 9.98. The monoisotopic (exact) mass is 452 g/mol. The van der Waals surface area contributed by atoms with Gasteiger partial charge >= 0.3 is 5.97 Å². The molecule has 31 heavy (non-hydrogen) atoms. The number of furan rings is 1. The van der Waals surface area contributed by atoms with Gasteiger partial charge in [-0.15, -0.1) is 0 Å². The van der Waals surface area contributed by atoms with Gasteiger partial charge in [0, 0.05) is 0 Å². The van der Waals surface area contributed by atoms with Gasteiger partial charge in [-0.3, -0.25) is 0 Å². The number of aromatic nitrogens is 3. The number of methoxy groups -OCH3 is 1. The molecule has 0 aliphatic carbocycles. The molecule has 1 N–H and O–H groups in total. The first-order valence-electron chi connectivity index (χ1n) is 8.99. The van der Waals surface area contributed by atoms with Gasteiger partial charge in [0.05, 0.1) is 19.9 Å². The summed E-state index contributed by atoms with van der Waals surface area (Å²) >= 11 is 4.92. The van der Waals surface area contributed by atoms with Crippen LogP contribution in [0.15, 0.2) is 39.9 Å². The number of halogens is 2. The Morgan fingerprint density at radius 2 is 2.13 bits per heavy atom. The molecule has 0 bridgehead atoms. The Labute approximate surface area is 180 Å². The number of carbonyl (C=O) groups is 1. The van der Waals surface area contributed by atoms with E-state index in [1.54, 1.807) is 31.2 Å². The number of H-pyrrole nitrogens is 1. The summed E-state index contributed by atoms with van der Waals surface area (Å²) in [5, 5.41) is 9.71. The Bertz CT molecular complexity index is 1140. The number of nitrogens with zero attached hydrogens (tertiary/aromatic N) is 3. The Balaban J connectivity index is 1.77. The lowest BCUT2D eigenvalue weighted by Gasteiger charge is -2.11. The number of esters is 1. The van der Waals surface area contributed by atoms with Gasteiger partial charge in [-0.25, -0.2) is 18.7 Å². The van der Waals surface area contributed by atoms with Crippen molar-refractivity contribution >= 4 is 24.4 Å². The number of alkyl halides is 2. The number of nitrogens with one attached hydrogen (secondary N) is 1. The molecule has 164 valence electrons. The second-order valence-electron chi connectivity index (χ2n) is 5.93. The van der Waals surface area contributed by atoms with E-state index in [2.05, 4.69) is 20.0 Å². The number of hydrogen-bond acceptors (Lipinski definition) is 8. The summed E-state index contributed by atoms with van der Waals surface area (Å²) < 4.78 is 48.0. The van der Waals surface area contributed by atoms with Crippen LogP contribution in [0, 0.1) is 4.77 Å². The zero-order valence-electron chi connectivity index (χ0n) is 16.5. The van der Waals surface area contributed by atoms with Gasteiger partial charge in [-0.1, -0.05) is 0 Å². The van der Waals surface area contributed by atoms with E-state index in [1.165, 1.54) is 19.4 Å². The average molecular weight is 452 g/mol. The minimum absolute atomic E-state index is 0.0481. The number of aromatic amines is 1. The highest BCUT2D eigenvalue weighted by Crippen LogP contribution is 2.29. The maximum atomic E-state index is 13.0. The molecular weight excluding hydrogens is 434 g/mol. The minimum Gasteiger partial charge on any atom is -0.490 e. The molecule has 0 radical (unpaired) electrons. The summed E-state index contributed by atoms with van der Waals surface area (Å²) in [6, 6.07) is 8.02. The molecule has 3 aromatic rings. The van der Waals surface area contributed by atoms with Gasteiger partial charge in [-0.2, -0.15) is 14.9 Å². The van der Waals surface area contributed by atoms with E-state index in [0.717, 1.165) is 4.68 Å². The van der Waals surface area contributed by atoms with E-state index in [1.807, 2.05) is 0 Å². The van der Waals surface area contributed by atoms with Crippen LogP contribution in [-0.4, -0.2) is 40.8 Å². The summed E-state index contributed by atoms with van der Waals surface area (Å²) in [5.41, 5.74) is 0.560. The Hall–Kier alpha value is -3.54. The number of rotatable bonds is 9. The molecule has 0 amide bonds. The zero-order valence-corrected chi connectivity index (χ0v) is 17.3. The predicted octanol–water partition coefficient (Wildman–Crippen LogP) is 4.12. The van der Waals surface area contributed by atoms with Crippen LogP contribution < -0.4 is 9.47 Å².